The quantitative estimate of drug-likeness (QED) is 0.590. The van der Waals surface area contributed by atoms with Crippen molar-refractivity contribution in [1.82, 2.24) is 4.90 Å². The fourth-order valence-corrected chi connectivity index (χ4v) is 3.62. The highest BCUT2D eigenvalue weighted by Gasteiger charge is 2.24. The van der Waals surface area contributed by atoms with Crippen LogP contribution in [0.2, 0.25) is 0 Å². The largest absolute Gasteiger partial charge is 0.493 e. The Labute approximate surface area is 179 Å². The molecule has 1 saturated heterocycles. The summed E-state index contributed by atoms with van der Waals surface area (Å²) in [6.45, 7) is -2.14. The fourth-order valence-electron chi connectivity index (χ4n) is 3.62. The van der Waals surface area contributed by atoms with Crippen LogP contribution in [0, 0.1) is 5.92 Å². The first-order valence-electron chi connectivity index (χ1n) is 10.1. The summed E-state index contributed by atoms with van der Waals surface area (Å²) in [5.74, 6) is -0.689. The maximum absolute atomic E-state index is 12.4. The van der Waals surface area contributed by atoms with E-state index in [4.69, 9.17) is 9.47 Å². The molecule has 0 atom stereocenters. The molecule has 1 fully saturated rings. The van der Waals surface area contributed by atoms with Gasteiger partial charge >= 0.3 is 12.6 Å². The monoisotopic (exact) mass is 433 g/mol. The molecule has 0 aromatic heterocycles. The lowest BCUT2D eigenvalue weighted by Gasteiger charge is -2.32. The lowest BCUT2D eigenvalue weighted by Crippen LogP contribution is -2.41. The van der Waals surface area contributed by atoms with E-state index in [9.17, 15) is 18.4 Å². The van der Waals surface area contributed by atoms with Crippen molar-refractivity contribution in [2.75, 3.05) is 26.8 Å². The molecule has 0 N–H and O–H groups in total. The lowest BCUT2D eigenvalue weighted by atomic mass is 9.90. The predicted molar refractivity (Wildman–Crippen MR) is 109 cm³/mol. The second-order valence-corrected chi connectivity index (χ2v) is 7.33. The van der Waals surface area contributed by atoms with Crippen molar-refractivity contribution in [3.63, 3.8) is 0 Å². The van der Waals surface area contributed by atoms with E-state index in [1.54, 1.807) is 4.90 Å². The van der Waals surface area contributed by atoms with E-state index in [0.717, 1.165) is 19.3 Å². The zero-order valence-electron chi connectivity index (χ0n) is 17.3. The summed E-state index contributed by atoms with van der Waals surface area (Å²) in [7, 11) is 1.27. The van der Waals surface area contributed by atoms with Gasteiger partial charge in [0.15, 0.2) is 18.1 Å². The van der Waals surface area contributed by atoms with Crippen LogP contribution in [0.3, 0.4) is 0 Å². The summed E-state index contributed by atoms with van der Waals surface area (Å²) in [6.07, 6.45) is 2.79. The molecule has 0 saturated carbocycles. The molecule has 31 heavy (non-hydrogen) atoms. The Hall–Kier alpha value is -3.16. The standard InChI is InChI=1S/C23H25F2NO5/c1-29-20-14-18(7-8-19(20)31-23(24)25)22(28)30-15-21(27)26-11-9-17(10-12-26)13-16-5-3-2-4-6-16/h2-8,14,17,23H,9-13,15H2,1H3. The molecule has 0 unspecified atom stereocenters. The molecule has 1 amide bonds. The van der Waals surface area contributed by atoms with Gasteiger partial charge in [0.2, 0.25) is 0 Å². The molecule has 2 aromatic rings. The minimum atomic E-state index is -3.01. The average molecular weight is 433 g/mol. The summed E-state index contributed by atoms with van der Waals surface area (Å²) >= 11 is 0. The Balaban J connectivity index is 1.47. The molecule has 0 bridgehead atoms. The van der Waals surface area contributed by atoms with Gasteiger partial charge in [0.1, 0.15) is 0 Å². The van der Waals surface area contributed by atoms with Crippen molar-refractivity contribution in [3.8, 4) is 11.5 Å². The van der Waals surface area contributed by atoms with E-state index in [0.29, 0.717) is 19.0 Å². The number of rotatable bonds is 8. The molecule has 1 heterocycles. The van der Waals surface area contributed by atoms with Gasteiger partial charge in [-0.05, 0) is 48.9 Å². The zero-order valence-corrected chi connectivity index (χ0v) is 17.3. The first-order chi connectivity index (χ1) is 15.0. The molecule has 8 heteroatoms. The van der Waals surface area contributed by atoms with Gasteiger partial charge in [-0.25, -0.2) is 4.79 Å². The van der Waals surface area contributed by atoms with Gasteiger partial charge in [0.05, 0.1) is 12.7 Å². The minimum Gasteiger partial charge on any atom is -0.493 e. The Morgan fingerprint density at radius 3 is 2.42 bits per heavy atom. The van der Waals surface area contributed by atoms with Crippen LogP contribution in [-0.2, 0) is 16.0 Å². The maximum atomic E-state index is 12.4. The third-order valence-electron chi connectivity index (χ3n) is 5.28. The van der Waals surface area contributed by atoms with E-state index in [-0.39, 0.29) is 29.6 Å². The number of likely N-dealkylation sites (tertiary alicyclic amines) is 1. The van der Waals surface area contributed by atoms with Crippen LogP contribution in [0.15, 0.2) is 48.5 Å². The third kappa shape index (κ3) is 6.41. The predicted octanol–water partition coefficient (Wildman–Crippen LogP) is 3.93. The van der Waals surface area contributed by atoms with Gasteiger partial charge < -0.3 is 19.1 Å². The van der Waals surface area contributed by atoms with Crippen molar-refractivity contribution >= 4 is 11.9 Å². The normalized spacial score (nSPS) is 14.4. The lowest BCUT2D eigenvalue weighted by molar-refractivity contribution is -0.135. The highest BCUT2D eigenvalue weighted by atomic mass is 19.3. The number of amides is 1. The SMILES string of the molecule is COc1cc(C(=O)OCC(=O)N2CCC(Cc3ccccc3)CC2)ccc1OC(F)F. The number of hydrogen-bond donors (Lipinski definition) is 0. The highest BCUT2D eigenvalue weighted by molar-refractivity contribution is 5.92. The maximum Gasteiger partial charge on any atom is 0.387 e. The average Bonchev–Trinajstić information content (AvgIpc) is 2.78. The molecule has 1 aliphatic rings. The summed E-state index contributed by atoms with van der Waals surface area (Å²) in [5, 5.41) is 0. The second-order valence-electron chi connectivity index (χ2n) is 7.33. The number of carbonyl (C=O) groups excluding carboxylic acids is 2. The first kappa shape index (κ1) is 22.5. The van der Waals surface area contributed by atoms with Gasteiger partial charge in [-0.3, -0.25) is 4.79 Å². The summed E-state index contributed by atoms with van der Waals surface area (Å²) < 4.78 is 39.2. The van der Waals surface area contributed by atoms with Crippen molar-refractivity contribution in [2.45, 2.75) is 25.9 Å². The topological polar surface area (TPSA) is 65.1 Å². The van der Waals surface area contributed by atoms with Gasteiger partial charge in [-0.15, -0.1) is 0 Å². The van der Waals surface area contributed by atoms with Crippen LogP contribution < -0.4 is 9.47 Å². The smallest absolute Gasteiger partial charge is 0.387 e. The van der Waals surface area contributed by atoms with Crippen LogP contribution in [0.4, 0.5) is 8.78 Å². The van der Waals surface area contributed by atoms with Gasteiger partial charge in [-0.1, -0.05) is 30.3 Å². The van der Waals surface area contributed by atoms with Crippen molar-refractivity contribution in [1.29, 1.82) is 0 Å². The molecular formula is C23H25F2NO5. The Morgan fingerprint density at radius 2 is 1.77 bits per heavy atom. The number of hydrogen-bond acceptors (Lipinski definition) is 5. The number of methoxy groups -OCH3 is 1. The van der Waals surface area contributed by atoms with Crippen molar-refractivity contribution in [2.24, 2.45) is 5.92 Å². The van der Waals surface area contributed by atoms with Crippen LogP contribution in [0.1, 0.15) is 28.8 Å². The van der Waals surface area contributed by atoms with E-state index in [1.807, 2.05) is 18.2 Å². The van der Waals surface area contributed by atoms with E-state index in [2.05, 4.69) is 16.9 Å². The molecule has 1 aliphatic heterocycles. The summed E-state index contributed by atoms with van der Waals surface area (Å²) in [4.78, 5) is 26.4. The Morgan fingerprint density at radius 1 is 1.06 bits per heavy atom. The second kappa shape index (κ2) is 10.7. The van der Waals surface area contributed by atoms with E-state index >= 15 is 0 Å². The number of benzene rings is 2. The van der Waals surface area contributed by atoms with Gasteiger partial charge in [0.25, 0.3) is 5.91 Å². The number of piperidine rings is 1. The first-order valence-corrected chi connectivity index (χ1v) is 10.1. The fraction of sp³-hybridized carbons (Fsp3) is 0.391. The van der Waals surface area contributed by atoms with Crippen molar-refractivity contribution < 1.29 is 32.6 Å². The van der Waals surface area contributed by atoms with Crippen LogP contribution >= 0.6 is 0 Å². The van der Waals surface area contributed by atoms with Crippen LogP contribution in [-0.4, -0.2) is 50.2 Å². The Kier molecular flexibility index (Phi) is 7.81. The van der Waals surface area contributed by atoms with E-state index in [1.165, 1.54) is 30.9 Å². The minimum absolute atomic E-state index is 0.0263. The van der Waals surface area contributed by atoms with Crippen molar-refractivity contribution in [3.05, 3.63) is 59.7 Å². The third-order valence-corrected chi connectivity index (χ3v) is 5.28. The van der Waals surface area contributed by atoms with Crippen LogP contribution in [0.5, 0.6) is 11.5 Å². The molecule has 6 nitrogen and oxygen atoms in total. The zero-order chi connectivity index (χ0) is 22.2. The van der Waals surface area contributed by atoms with Gasteiger partial charge in [0, 0.05) is 13.1 Å². The molecule has 166 valence electrons. The molecule has 0 spiro atoms. The number of nitrogens with zero attached hydrogens (tertiary/aromatic N) is 1. The molecule has 0 radical (unpaired) electrons. The molecule has 3 rings (SSSR count). The highest BCUT2D eigenvalue weighted by Crippen LogP contribution is 2.29. The summed E-state index contributed by atoms with van der Waals surface area (Å²) in [6, 6.07) is 14.0. The molecular weight excluding hydrogens is 408 g/mol. The number of ether oxygens (including phenoxy) is 3. The van der Waals surface area contributed by atoms with Crippen LogP contribution in [0.25, 0.3) is 0 Å². The number of carbonyl (C=O) groups is 2. The van der Waals surface area contributed by atoms with Gasteiger partial charge in [-0.2, -0.15) is 8.78 Å². The Bertz CT molecular complexity index is 883. The number of halogens is 2. The van der Waals surface area contributed by atoms with E-state index < -0.39 is 12.6 Å². The molecule has 2 aromatic carbocycles. The summed E-state index contributed by atoms with van der Waals surface area (Å²) in [5.41, 5.74) is 1.37. The number of alkyl halides is 2. The molecule has 0 aliphatic carbocycles. The number of esters is 1.